The molecule has 0 aromatic rings. The molecule has 1 atom stereocenters. The molecule has 0 aromatic carbocycles. The Hall–Kier alpha value is -0.620. The standard InChI is InChI=1S/C9H17NO4S/c1-14-9(11)8(7-3-4-7)10-5-6-15(2,12)13/h7-8,10H,3-6H2,1-2H3. The van der Waals surface area contributed by atoms with Crippen LogP contribution in [0.25, 0.3) is 0 Å². The molecule has 1 unspecified atom stereocenters. The maximum atomic E-state index is 11.3. The Labute approximate surface area is 90.1 Å². The quantitative estimate of drug-likeness (QED) is 0.633. The average molecular weight is 235 g/mol. The fourth-order valence-corrected chi connectivity index (χ4v) is 1.89. The van der Waals surface area contributed by atoms with Crippen molar-refractivity contribution in [2.45, 2.75) is 18.9 Å². The van der Waals surface area contributed by atoms with Crippen molar-refractivity contribution in [2.24, 2.45) is 5.92 Å². The number of esters is 1. The lowest BCUT2D eigenvalue weighted by atomic mass is 10.2. The molecule has 0 aromatic heterocycles. The lowest BCUT2D eigenvalue weighted by molar-refractivity contribution is -0.143. The average Bonchev–Trinajstić information content (AvgIpc) is 2.93. The van der Waals surface area contributed by atoms with Crippen LogP contribution in [0.2, 0.25) is 0 Å². The number of carbonyl (C=O) groups excluding carboxylic acids is 1. The highest BCUT2D eigenvalue weighted by Crippen LogP contribution is 2.33. The van der Waals surface area contributed by atoms with Gasteiger partial charge in [0, 0.05) is 12.8 Å². The summed E-state index contributed by atoms with van der Waals surface area (Å²) in [5, 5.41) is 2.94. The van der Waals surface area contributed by atoms with E-state index in [1.54, 1.807) is 0 Å². The van der Waals surface area contributed by atoms with Crippen molar-refractivity contribution in [1.29, 1.82) is 0 Å². The maximum Gasteiger partial charge on any atom is 0.323 e. The van der Waals surface area contributed by atoms with Crippen molar-refractivity contribution in [2.75, 3.05) is 25.7 Å². The number of rotatable bonds is 6. The second-order valence-electron chi connectivity index (χ2n) is 3.92. The molecule has 0 saturated heterocycles. The monoisotopic (exact) mass is 235 g/mol. The van der Waals surface area contributed by atoms with E-state index in [0.717, 1.165) is 12.8 Å². The van der Waals surface area contributed by atoms with Crippen molar-refractivity contribution in [3.63, 3.8) is 0 Å². The second-order valence-corrected chi connectivity index (χ2v) is 6.18. The molecule has 15 heavy (non-hydrogen) atoms. The predicted octanol–water partition coefficient (Wildman–Crippen LogP) is -0.428. The van der Waals surface area contributed by atoms with E-state index in [2.05, 4.69) is 10.1 Å². The van der Waals surface area contributed by atoms with Crippen LogP contribution in [0.15, 0.2) is 0 Å². The smallest absolute Gasteiger partial charge is 0.323 e. The Balaban J connectivity index is 2.36. The van der Waals surface area contributed by atoms with Gasteiger partial charge in [-0.2, -0.15) is 0 Å². The topological polar surface area (TPSA) is 72.5 Å². The molecular weight excluding hydrogens is 218 g/mol. The van der Waals surface area contributed by atoms with E-state index in [1.807, 2.05) is 0 Å². The first-order valence-corrected chi connectivity index (χ1v) is 6.99. The zero-order valence-corrected chi connectivity index (χ0v) is 9.84. The molecule has 1 aliphatic carbocycles. The summed E-state index contributed by atoms with van der Waals surface area (Å²) in [5.41, 5.74) is 0. The summed E-state index contributed by atoms with van der Waals surface area (Å²) in [6.45, 7) is 0.301. The first-order valence-electron chi connectivity index (χ1n) is 4.93. The van der Waals surface area contributed by atoms with Gasteiger partial charge in [-0.1, -0.05) is 0 Å². The minimum Gasteiger partial charge on any atom is -0.468 e. The van der Waals surface area contributed by atoms with Crippen LogP contribution in [0.3, 0.4) is 0 Å². The third kappa shape index (κ3) is 4.61. The molecule has 1 N–H and O–H groups in total. The van der Waals surface area contributed by atoms with Gasteiger partial charge in [-0.25, -0.2) is 8.42 Å². The van der Waals surface area contributed by atoms with E-state index in [-0.39, 0.29) is 17.8 Å². The summed E-state index contributed by atoms with van der Waals surface area (Å²) >= 11 is 0. The van der Waals surface area contributed by atoms with Gasteiger partial charge in [0.1, 0.15) is 15.9 Å². The lowest BCUT2D eigenvalue weighted by Gasteiger charge is -2.14. The third-order valence-corrected chi connectivity index (χ3v) is 3.33. The van der Waals surface area contributed by atoms with Gasteiger partial charge in [0.15, 0.2) is 0 Å². The summed E-state index contributed by atoms with van der Waals surface area (Å²) in [4.78, 5) is 11.3. The molecule has 88 valence electrons. The van der Waals surface area contributed by atoms with Crippen LogP contribution in [-0.4, -0.2) is 46.1 Å². The molecule has 0 amide bonds. The van der Waals surface area contributed by atoms with Gasteiger partial charge in [-0.15, -0.1) is 0 Å². The van der Waals surface area contributed by atoms with Crippen LogP contribution in [0.5, 0.6) is 0 Å². The molecule has 1 aliphatic rings. The van der Waals surface area contributed by atoms with Crippen LogP contribution in [0.4, 0.5) is 0 Å². The van der Waals surface area contributed by atoms with Crippen LogP contribution in [-0.2, 0) is 19.4 Å². The summed E-state index contributed by atoms with van der Waals surface area (Å²) in [5.74, 6) is 0.0655. The lowest BCUT2D eigenvalue weighted by Crippen LogP contribution is -2.41. The molecule has 1 saturated carbocycles. The van der Waals surface area contributed by atoms with Crippen molar-refractivity contribution >= 4 is 15.8 Å². The van der Waals surface area contributed by atoms with Crippen molar-refractivity contribution in [3.05, 3.63) is 0 Å². The number of carbonyl (C=O) groups is 1. The second kappa shape index (κ2) is 4.94. The number of methoxy groups -OCH3 is 1. The number of ether oxygens (including phenoxy) is 1. The zero-order chi connectivity index (χ0) is 11.5. The Morgan fingerprint density at radius 1 is 1.53 bits per heavy atom. The predicted molar refractivity (Wildman–Crippen MR) is 56.2 cm³/mol. The Morgan fingerprint density at radius 3 is 2.53 bits per heavy atom. The van der Waals surface area contributed by atoms with E-state index in [1.165, 1.54) is 13.4 Å². The van der Waals surface area contributed by atoms with Crippen molar-refractivity contribution in [3.8, 4) is 0 Å². The van der Waals surface area contributed by atoms with Gasteiger partial charge in [0.25, 0.3) is 0 Å². The molecule has 6 heteroatoms. The van der Waals surface area contributed by atoms with Gasteiger partial charge in [-0.05, 0) is 18.8 Å². The van der Waals surface area contributed by atoms with Gasteiger partial charge < -0.3 is 10.1 Å². The molecule has 0 aliphatic heterocycles. The highest BCUT2D eigenvalue weighted by Gasteiger charge is 2.36. The third-order valence-electron chi connectivity index (χ3n) is 2.39. The Morgan fingerprint density at radius 2 is 2.13 bits per heavy atom. The highest BCUT2D eigenvalue weighted by atomic mass is 32.2. The summed E-state index contributed by atoms with van der Waals surface area (Å²) in [7, 11) is -1.63. The molecule has 0 spiro atoms. The van der Waals surface area contributed by atoms with E-state index in [0.29, 0.717) is 12.5 Å². The zero-order valence-electron chi connectivity index (χ0n) is 9.02. The fourth-order valence-electron chi connectivity index (χ4n) is 1.40. The first kappa shape index (κ1) is 12.4. The van der Waals surface area contributed by atoms with E-state index >= 15 is 0 Å². The number of hydrogen-bond acceptors (Lipinski definition) is 5. The molecule has 1 fully saturated rings. The van der Waals surface area contributed by atoms with Crippen molar-refractivity contribution in [1.82, 2.24) is 5.32 Å². The van der Waals surface area contributed by atoms with Crippen LogP contribution in [0, 0.1) is 5.92 Å². The SMILES string of the molecule is COC(=O)C(NCCS(C)(=O)=O)C1CC1. The van der Waals surface area contributed by atoms with Crippen molar-refractivity contribution < 1.29 is 17.9 Å². The molecule has 1 rings (SSSR count). The summed E-state index contributed by atoms with van der Waals surface area (Å²) in [6, 6.07) is -0.336. The summed E-state index contributed by atoms with van der Waals surface area (Å²) < 4.78 is 26.4. The molecule has 5 nitrogen and oxygen atoms in total. The van der Waals surface area contributed by atoms with E-state index < -0.39 is 9.84 Å². The number of hydrogen-bond donors (Lipinski definition) is 1. The Bertz CT molecular complexity index is 321. The summed E-state index contributed by atoms with van der Waals surface area (Å²) in [6.07, 6.45) is 3.19. The minimum absolute atomic E-state index is 0.0488. The number of nitrogens with one attached hydrogen (secondary N) is 1. The molecule has 0 heterocycles. The number of sulfone groups is 1. The maximum absolute atomic E-state index is 11.3. The van der Waals surface area contributed by atoms with E-state index in [4.69, 9.17) is 0 Å². The fraction of sp³-hybridized carbons (Fsp3) is 0.889. The Kier molecular flexibility index (Phi) is 4.10. The van der Waals surface area contributed by atoms with Crippen LogP contribution < -0.4 is 5.32 Å². The van der Waals surface area contributed by atoms with Crippen LogP contribution >= 0.6 is 0 Å². The van der Waals surface area contributed by atoms with Gasteiger partial charge in [0.2, 0.25) is 0 Å². The molecule has 0 radical (unpaired) electrons. The van der Waals surface area contributed by atoms with Gasteiger partial charge in [0.05, 0.1) is 12.9 Å². The molecule has 0 bridgehead atoms. The van der Waals surface area contributed by atoms with E-state index in [9.17, 15) is 13.2 Å². The normalized spacial score (nSPS) is 18.5. The van der Waals surface area contributed by atoms with Crippen LogP contribution in [0.1, 0.15) is 12.8 Å². The van der Waals surface area contributed by atoms with Gasteiger partial charge >= 0.3 is 5.97 Å². The van der Waals surface area contributed by atoms with Gasteiger partial charge in [-0.3, -0.25) is 4.79 Å². The highest BCUT2D eigenvalue weighted by molar-refractivity contribution is 7.90. The minimum atomic E-state index is -2.97. The molecular formula is C9H17NO4S. The first-order chi connectivity index (χ1) is 6.94. The largest absolute Gasteiger partial charge is 0.468 e.